The van der Waals surface area contributed by atoms with Gasteiger partial charge in [0.15, 0.2) is 0 Å². The molecule has 1 fully saturated rings. The minimum absolute atomic E-state index is 0.0953. The Hall–Kier alpha value is -3.91. The van der Waals surface area contributed by atoms with Crippen molar-refractivity contribution in [1.82, 2.24) is 15.3 Å². The topological polar surface area (TPSA) is 111 Å². The Bertz CT molecular complexity index is 1520. The van der Waals surface area contributed by atoms with E-state index in [1.165, 1.54) is 29.8 Å². The minimum Gasteiger partial charge on any atom is -0.487 e. The number of amides is 1. The van der Waals surface area contributed by atoms with Crippen molar-refractivity contribution < 1.29 is 18.7 Å². The fraction of sp³-hybridized carbons (Fsp3) is 0.192. The third-order valence-corrected chi connectivity index (χ3v) is 6.80. The molecule has 1 aliphatic heterocycles. The van der Waals surface area contributed by atoms with Crippen molar-refractivity contribution in [1.29, 1.82) is 0 Å². The molecule has 2 aromatic carbocycles. The van der Waals surface area contributed by atoms with Gasteiger partial charge in [-0.2, -0.15) is 0 Å². The molecule has 4 N–H and O–H groups in total. The summed E-state index contributed by atoms with van der Waals surface area (Å²) in [5.74, 6) is 7.12. The van der Waals surface area contributed by atoms with Crippen LogP contribution in [0, 0.1) is 17.7 Å². The number of nitrogens with one attached hydrogen (secondary N) is 2. The van der Waals surface area contributed by atoms with Gasteiger partial charge in [0.2, 0.25) is 0 Å². The molecule has 5 rings (SSSR count). The Kier molecular flexibility index (Phi) is 7.37. The van der Waals surface area contributed by atoms with E-state index < -0.39 is 6.09 Å². The fourth-order valence-electron chi connectivity index (χ4n) is 3.86. The highest BCUT2D eigenvalue weighted by atomic mass is 35.5. The third-order valence-electron chi connectivity index (χ3n) is 5.55. The molecule has 0 radical (unpaired) electrons. The zero-order valence-electron chi connectivity index (χ0n) is 19.3. The Balaban J connectivity index is 1.27. The van der Waals surface area contributed by atoms with E-state index in [4.69, 9.17) is 26.8 Å². The molecule has 188 valence electrons. The standard InChI is InChI=1S/C26H21ClFN5O3S/c27-22-10-18(5-7-23(22)35-13-15-2-1-3-16(28)8-15)33-24-21-11-20(37-25(21)32-14-31-24)6-4-17-9-19(12-30-17)36-26(29)34/h1-3,5,7-8,10-11,14,17,19,30H,9,12-13H2,(H2,29,34)(H,31,32,33)/t17-,19+/m0/s1. The third kappa shape index (κ3) is 6.27. The molecule has 2 atom stereocenters. The normalized spacial score (nSPS) is 16.7. The molecule has 1 amide bonds. The highest BCUT2D eigenvalue weighted by Gasteiger charge is 2.25. The van der Waals surface area contributed by atoms with Crippen LogP contribution in [0.1, 0.15) is 16.9 Å². The number of rotatable bonds is 6. The maximum Gasteiger partial charge on any atom is 0.404 e. The van der Waals surface area contributed by atoms with E-state index in [1.54, 1.807) is 24.3 Å². The number of hydrogen-bond acceptors (Lipinski definition) is 8. The largest absolute Gasteiger partial charge is 0.487 e. The van der Waals surface area contributed by atoms with Gasteiger partial charge in [0.05, 0.1) is 21.3 Å². The minimum atomic E-state index is -0.782. The van der Waals surface area contributed by atoms with Gasteiger partial charge in [0.1, 0.15) is 41.3 Å². The van der Waals surface area contributed by atoms with E-state index in [-0.39, 0.29) is 24.6 Å². The van der Waals surface area contributed by atoms with Gasteiger partial charge >= 0.3 is 6.09 Å². The summed E-state index contributed by atoms with van der Waals surface area (Å²) in [6.07, 6.45) is 1.01. The first kappa shape index (κ1) is 24.8. The van der Waals surface area contributed by atoms with Crippen molar-refractivity contribution in [3.63, 3.8) is 0 Å². The summed E-state index contributed by atoms with van der Waals surface area (Å²) >= 11 is 7.89. The second-order valence-electron chi connectivity index (χ2n) is 8.27. The highest BCUT2D eigenvalue weighted by molar-refractivity contribution is 7.19. The van der Waals surface area contributed by atoms with Crippen molar-refractivity contribution in [2.75, 3.05) is 11.9 Å². The summed E-state index contributed by atoms with van der Waals surface area (Å²) in [5, 5.41) is 7.72. The molecule has 4 aromatic rings. The van der Waals surface area contributed by atoms with E-state index in [2.05, 4.69) is 32.4 Å². The molecule has 37 heavy (non-hydrogen) atoms. The van der Waals surface area contributed by atoms with Crippen molar-refractivity contribution in [3.8, 4) is 17.6 Å². The molecular formula is C26H21ClFN5O3S. The SMILES string of the molecule is NC(=O)O[C@H]1CN[C@@H](C#Cc2cc3c(Nc4ccc(OCc5cccc(F)c5)c(Cl)c4)ncnc3s2)C1. The Morgan fingerprint density at radius 1 is 1.27 bits per heavy atom. The maximum atomic E-state index is 13.4. The zero-order valence-corrected chi connectivity index (χ0v) is 20.9. The monoisotopic (exact) mass is 537 g/mol. The molecule has 0 spiro atoms. The summed E-state index contributed by atoms with van der Waals surface area (Å²) in [7, 11) is 0. The molecule has 2 aromatic heterocycles. The Labute approximate surface area is 221 Å². The van der Waals surface area contributed by atoms with Crippen molar-refractivity contribution >= 4 is 50.8 Å². The second-order valence-corrected chi connectivity index (χ2v) is 9.70. The lowest BCUT2D eigenvalue weighted by Gasteiger charge is -2.11. The summed E-state index contributed by atoms with van der Waals surface area (Å²) in [5.41, 5.74) is 6.51. The smallest absolute Gasteiger partial charge is 0.404 e. The van der Waals surface area contributed by atoms with Gasteiger partial charge in [-0.15, -0.1) is 11.3 Å². The number of thiophene rings is 1. The predicted molar refractivity (Wildman–Crippen MR) is 141 cm³/mol. The van der Waals surface area contributed by atoms with Crippen LogP contribution in [0.5, 0.6) is 5.75 Å². The molecule has 1 aliphatic rings. The molecule has 0 saturated carbocycles. The van der Waals surface area contributed by atoms with E-state index >= 15 is 0 Å². The van der Waals surface area contributed by atoms with Gasteiger partial charge < -0.3 is 20.5 Å². The van der Waals surface area contributed by atoms with Crippen LogP contribution >= 0.6 is 22.9 Å². The number of benzene rings is 2. The number of hydrogen-bond donors (Lipinski definition) is 3. The van der Waals surface area contributed by atoms with Crippen LogP contribution < -0.4 is 21.1 Å². The van der Waals surface area contributed by atoms with Crippen molar-refractivity contribution in [3.05, 3.63) is 76.1 Å². The first-order chi connectivity index (χ1) is 17.9. The van der Waals surface area contributed by atoms with Crippen LogP contribution in [0.3, 0.4) is 0 Å². The number of anilines is 2. The van der Waals surface area contributed by atoms with Gasteiger partial charge in [0, 0.05) is 18.7 Å². The van der Waals surface area contributed by atoms with Gasteiger partial charge in [-0.05, 0) is 42.0 Å². The molecule has 3 heterocycles. The average Bonchev–Trinajstić information content (AvgIpc) is 3.49. The molecule has 1 saturated heterocycles. The lowest BCUT2D eigenvalue weighted by atomic mass is 10.2. The van der Waals surface area contributed by atoms with Crippen LogP contribution in [-0.2, 0) is 11.3 Å². The molecule has 11 heteroatoms. The van der Waals surface area contributed by atoms with E-state index in [1.807, 2.05) is 12.1 Å². The zero-order chi connectivity index (χ0) is 25.8. The average molecular weight is 538 g/mol. The fourth-order valence-corrected chi connectivity index (χ4v) is 4.96. The summed E-state index contributed by atoms with van der Waals surface area (Å²) in [6.45, 7) is 0.718. The number of carbonyl (C=O) groups is 1. The van der Waals surface area contributed by atoms with Gasteiger partial charge in [-0.1, -0.05) is 35.6 Å². The van der Waals surface area contributed by atoms with Gasteiger partial charge in [-0.3, -0.25) is 5.32 Å². The summed E-state index contributed by atoms with van der Waals surface area (Å²) < 4.78 is 24.2. The molecular weight excluding hydrogens is 517 g/mol. The van der Waals surface area contributed by atoms with Crippen LogP contribution in [0.2, 0.25) is 5.02 Å². The molecule has 0 bridgehead atoms. The number of primary amides is 1. The highest BCUT2D eigenvalue weighted by Crippen LogP contribution is 2.33. The van der Waals surface area contributed by atoms with Crippen molar-refractivity contribution in [2.24, 2.45) is 5.73 Å². The predicted octanol–water partition coefficient (Wildman–Crippen LogP) is 4.98. The first-order valence-corrected chi connectivity index (χ1v) is 12.5. The van der Waals surface area contributed by atoms with E-state index in [0.29, 0.717) is 35.1 Å². The molecule has 0 unspecified atom stereocenters. The molecule has 8 nitrogen and oxygen atoms in total. The van der Waals surface area contributed by atoms with Gasteiger partial charge in [-0.25, -0.2) is 19.2 Å². The number of aromatic nitrogens is 2. The lowest BCUT2D eigenvalue weighted by Crippen LogP contribution is -2.24. The van der Waals surface area contributed by atoms with E-state index in [0.717, 1.165) is 20.8 Å². The molecule has 0 aliphatic carbocycles. The van der Waals surface area contributed by atoms with Crippen LogP contribution in [0.4, 0.5) is 20.7 Å². The van der Waals surface area contributed by atoms with E-state index in [9.17, 15) is 9.18 Å². The van der Waals surface area contributed by atoms with Crippen molar-refractivity contribution in [2.45, 2.75) is 25.2 Å². The Morgan fingerprint density at radius 2 is 2.16 bits per heavy atom. The van der Waals surface area contributed by atoms with Gasteiger partial charge in [0.25, 0.3) is 0 Å². The van der Waals surface area contributed by atoms with Crippen LogP contribution in [-0.4, -0.2) is 34.8 Å². The van der Waals surface area contributed by atoms with Crippen LogP contribution in [0.25, 0.3) is 10.2 Å². The maximum absolute atomic E-state index is 13.4. The Morgan fingerprint density at radius 3 is 2.97 bits per heavy atom. The quantitative estimate of drug-likeness (QED) is 0.297. The number of nitrogens with two attached hydrogens (primary N) is 1. The summed E-state index contributed by atoms with van der Waals surface area (Å²) in [6, 6.07) is 13.4. The second kappa shape index (κ2) is 11.0. The van der Waals surface area contributed by atoms with Crippen LogP contribution in [0.15, 0.2) is 54.9 Å². The number of fused-ring (bicyclic) bond motifs is 1. The first-order valence-electron chi connectivity index (χ1n) is 11.3. The number of carbonyl (C=O) groups excluding carboxylic acids is 1. The summed E-state index contributed by atoms with van der Waals surface area (Å²) in [4.78, 5) is 21.3. The lowest BCUT2D eigenvalue weighted by molar-refractivity contribution is 0.116. The number of nitrogens with zero attached hydrogens (tertiary/aromatic N) is 2. The number of ether oxygens (including phenoxy) is 2. The number of halogens is 2.